The van der Waals surface area contributed by atoms with E-state index in [0.29, 0.717) is 5.91 Å². The molecule has 2 aliphatic heterocycles. The van der Waals surface area contributed by atoms with Gasteiger partial charge in [-0.2, -0.15) is 0 Å². The fourth-order valence-electron chi connectivity index (χ4n) is 3.40. The van der Waals surface area contributed by atoms with E-state index in [2.05, 4.69) is 42.9 Å². The molecule has 2 unspecified atom stereocenters. The number of hydrogen-bond acceptors (Lipinski definition) is 3. The molecular weight excluding hydrogens is 250 g/mol. The monoisotopic (exact) mass is 281 g/mol. The molecule has 1 N–H and O–H groups in total. The van der Waals surface area contributed by atoms with E-state index >= 15 is 0 Å². The lowest BCUT2D eigenvalue weighted by Crippen LogP contribution is -2.47. The summed E-state index contributed by atoms with van der Waals surface area (Å²) < 4.78 is 0. The number of nitrogens with one attached hydrogen (secondary N) is 1. The topological polar surface area (TPSA) is 35.6 Å². The minimum absolute atomic E-state index is 0.0554. The van der Waals surface area contributed by atoms with Gasteiger partial charge in [-0.1, -0.05) is 26.7 Å². The van der Waals surface area contributed by atoms with E-state index in [4.69, 9.17) is 0 Å². The van der Waals surface area contributed by atoms with Crippen LogP contribution in [0.3, 0.4) is 0 Å². The van der Waals surface area contributed by atoms with E-state index in [1.165, 1.54) is 12.8 Å². The summed E-state index contributed by atoms with van der Waals surface area (Å²) in [5.74, 6) is 0.325. The molecule has 0 aromatic rings. The number of carbonyl (C=O) groups is 1. The summed E-state index contributed by atoms with van der Waals surface area (Å²) in [5.41, 5.74) is 0.289. The molecule has 116 valence electrons. The van der Waals surface area contributed by atoms with Gasteiger partial charge in [0, 0.05) is 6.54 Å². The Balaban J connectivity index is 1.93. The number of unbranched alkanes of at least 4 members (excludes halogenated alkanes) is 1. The second-order valence-corrected chi connectivity index (χ2v) is 7.12. The Labute approximate surface area is 123 Å². The van der Waals surface area contributed by atoms with Crippen molar-refractivity contribution in [1.29, 1.82) is 0 Å². The minimum Gasteiger partial charge on any atom is -0.326 e. The first-order valence-electron chi connectivity index (χ1n) is 8.20. The van der Waals surface area contributed by atoms with E-state index in [1.54, 1.807) is 0 Å². The van der Waals surface area contributed by atoms with E-state index in [1.807, 2.05) is 0 Å². The van der Waals surface area contributed by atoms with Crippen LogP contribution in [0.4, 0.5) is 0 Å². The first-order chi connectivity index (χ1) is 9.45. The van der Waals surface area contributed by atoms with Crippen molar-refractivity contribution in [2.45, 2.75) is 65.1 Å². The third-order valence-corrected chi connectivity index (χ3v) is 5.08. The van der Waals surface area contributed by atoms with Crippen molar-refractivity contribution in [2.75, 3.05) is 26.7 Å². The van der Waals surface area contributed by atoms with E-state index in [9.17, 15) is 4.79 Å². The summed E-state index contributed by atoms with van der Waals surface area (Å²) in [4.78, 5) is 17.0. The molecule has 0 aliphatic carbocycles. The molecule has 2 fully saturated rings. The molecule has 1 amide bonds. The van der Waals surface area contributed by atoms with Crippen LogP contribution in [0.5, 0.6) is 0 Å². The molecule has 2 saturated heterocycles. The normalized spacial score (nSPS) is 31.0. The van der Waals surface area contributed by atoms with Crippen molar-refractivity contribution in [1.82, 2.24) is 15.1 Å². The Morgan fingerprint density at radius 3 is 2.60 bits per heavy atom. The minimum atomic E-state index is 0.0554. The smallest absolute Gasteiger partial charge is 0.241 e. The van der Waals surface area contributed by atoms with Gasteiger partial charge in [-0.25, -0.2) is 0 Å². The highest BCUT2D eigenvalue weighted by Gasteiger charge is 2.40. The molecule has 4 nitrogen and oxygen atoms in total. The summed E-state index contributed by atoms with van der Waals surface area (Å²) >= 11 is 0. The van der Waals surface area contributed by atoms with Gasteiger partial charge >= 0.3 is 0 Å². The predicted molar refractivity (Wildman–Crippen MR) is 82.5 cm³/mol. The second kappa shape index (κ2) is 6.44. The zero-order valence-electron chi connectivity index (χ0n) is 13.6. The summed E-state index contributed by atoms with van der Waals surface area (Å²) in [6, 6.07) is 0.0554. The van der Waals surface area contributed by atoms with Crippen LogP contribution in [0.1, 0.15) is 52.9 Å². The number of hydrogen-bond donors (Lipinski definition) is 1. The lowest BCUT2D eigenvalue weighted by molar-refractivity contribution is -0.131. The maximum absolute atomic E-state index is 12.6. The highest BCUT2D eigenvalue weighted by molar-refractivity contribution is 5.84. The lowest BCUT2D eigenvalue weighted by atomic mass is 9.80. The number of rotatable bonds is 5. The molecule has 2 atom stereocenters. The molecule has 0 radical (unpaired) electrons. The fraction of sp³-hybridized carbons (Fsp3) is 0.938. The SMILES string of the molecule is CCCCC1NC(C)N(CC2(C)CCN(C)CC2)C1=O. The highest BCUT2D eigenvalue weighted by Crippen LogP contribution is 2.33. The fourth-order valence-corrected chi connectivity index (χ4v) is 3.40. The molecule has 20 heavy (non-hydrogen) atoms. The Kier molecular flexibility index (Phi) is 5.08. The molecule has 4 heteroatoms. The molecule has 2 rings (SSSR count). The Bertz CT molecular complexity index is 337. The van der Waals surface area contributed by atoms with Crippen LogP contribution >= 0.6 is 0 Å². The van der Waals surface area contributed by atoms with Crippen LogP contribution in [0.2, 0.25) is 0 Å². The van der Waals surface area contributed by atoms with Crippen LogP contribution in [0, 0.1) is 5.41 Å². The van der Waals surface area contributed by atoms with Crippen molar-refractivity contribution >= 4 is 5.91 Å². The molecule has 0 aromatic heterocycles. The van der Waals surface area contributed by atoms with Gasteiger partial charge in [-0.3, -0.25) is 10.1 Å². The van der Waals surface area contributed by atoms with E-state index in [0.717, 1.165) is 38.9 Å². The molecule has 0 spiro atoms. The Morgan fingerprint density at radius 1 is 1.35 bits per heavy atom. The molecule has 2 heterocycles. The second-order valence-electron chi connectivity index (χ2n) is 7.12. The first-order valence-corrected chi connectivity index (χ1v) is 8.20. The van der Waals surface area contributed by atoms with Crippen LogP contribution in [0.25, 0.3) is 0 Å². The van der Waals surface area contributed by atoms with Crippen molar-refractivity contribution in [3.8, 4) is 0 Å². The average Bonchev–Trinajstić information content (AvgIpc) is 2.68. The van der Waals surface area contributed by atoms with Crippen LogP contribution < -0.4 is 5.32 Å². The quantitative estimate of drug-likeness (QED) is 0.838. The predicted octanol–water partition coefficient (Wildman–Crippen LogP) is 2.05. The van der Waals surface area contributed by atoms with Crippen molar-refractivity contribution < 1.29 is 4.79 Å². The molecule has 0 bridgehead atoms. The van der Waals surface area contributed by atoms with Gasteiger partial charge in [0.05, 0.1) is 12.2 Å². The summed E-state index contributed by atoms with van der Waals surface area (Å²) in [5, 5.41) is 3.47. The summed E-state index contributed by atoms with van der Waals surface area (Å²) in [6.07, 6.45) is 5.85. The zero-order chi connectivity index (χ0) is 14.8. The van der Waals surface area contributed by atoms with Gasteiger partial charge in [0.1, 0.15) is 0 Å². The Hall–Kier alpha value is -0.610. The largest absolute Gasteiger partial charge is 0.326 e. The lowest BCUT2D eigenvalue weighted by Gasteiger charge is -2.41. The van der Waals surface area contributed by atoms with Gasteiger partial charge in [0.15, 0.2) is 0 Å². The van der Waals surface area contributed by atoms with Gasteiger partial charge in [0.2, 0.25) is 5.91 Å². The number of amides is 1. The number of likely N-dealkylation sites (tertiary alicyclic amines) is 1. The van der Waals surface area contributed by atoms with Crippen molar-refractivity contribution in [3.05, 3.63) is 0 Å². The van der Waals surface area contributed by atoms with Gasteiger partial charge in [-0.05, 0) is 51.7 Å². The van der Waals surface area contributed by atoms with Crippen LogP contribution in [0.15, 0.2) is 0 Å². The average molecular weight is 281 g/mol. The van der Waals surface area contributed by atoms with Crippen molar-refractivity contribution in [3.63, 3.8) is 0 Å². The van der Waals surface area contributed by atoms with E-state index in [-0.39, 0.29) is 17.6 Å². The maximum Gasteiger partial charge on any atom is 0.241 e. The first kappa shape index (κ1) is 15.8. The standard InChI is InChI=1S/C16H31N3O/c1-5-6-7-14-15(20)19(13(2)17-14)12-16(3)8-10-18(4)11-9-16/h13-14,17H,5-12H2,1-4H3. The maximum atomic E-state index is 12.6. The zero-order valence-corrected chi connectivity index (χ0v) is 13.6. The number of piperidine rings is 1. The summed E-state index contributed by atoms with van der Waals surface area (Å²) in [6.45, 7) is 9.87. The van der Waals surface area contributed by atoms with Gasteiger partial charge in [-0.15, -0.1) is 0 Å². The number of nitrogens with zero attached hydrogens (tertiary/aromatic N) is 2. The van der Waals surface area contributed by atoms with Crippen LogP contribution in [-0.4, -0.2) is 54.6 Å². The molecular formula is C16H31N3O. The third kappa shape index (κ3) is 3.53. The van der Waals surface area contributed by atoms with Gasteiger partial charge < -0.3 is 9.80 Å². The molecule has 0 aromatic carbocycles. The van der Waals surface area contributed by atoms with Gasteiger partial charge in [0.25, 0.3) is 0 Å². The molecule has 2 aliphatic rings. The Morgan fingerprint density at radius 2 is 2.00 bits per heavy atom. The van der Waals surface area contributed by atoms with E-state index < -0.39 is 0 Å². The number of carbonyl (C=O) groups excluding carboxylic acids is 1. The summed E-state index contributed by atoms with van der Waals surface area (Å²) in [7, 11) is 2.19. The van der Waals surface area contributed by atoms with Crippen molar-refractivity contribution in [2.24, 2.45) is 5.41 Å². The van der Waals surface area contributed by atoms with Crippen LogP contribution in [-0.2, 0) is 4.79 Å². The highest BCUT2D eigenvalue weighted by atomic mass is 16.2. The third-order valence-electron chi connectivity index (χ3n) is 5.08. The molecule has 0 saturated carbocycles.